The third-order valence-electron chi connectivity index (χ3n) is 2.55. The van der Waals surface area contributed by atoms with Gasteiger partial charge in [-0.25, -0.2) is 0 Å². The third-order valence-corrected chi connectivity index (χ3v) is 3.56. The van der Waals surface area contributed by atoms with Crippen LogP contribution in [0.3, 0.4) is 0 Å². The Labute approximate surface area is 124 Å². The maximum atomic E-state index is 11.0. The van der Waals surface area contributed by atoms with Crippen molar-refractivity contribution in [2.24, 2.45) is 5.73 Å². The maximum absolute atomic E-state index is 11.0. The molecule has 0 aromatic heterocycles. The molecule has 4 nitrogen and oxygen atoms in total. The molecule has 0 aliphatic carbocycles. The summed E-state index contributed by atoms with van der Waals surface area (Å²) in [6.07, 6.45) is 0.413. The minimum atomic E-state index is -0.188. The molecule has 20 heavy (non-hydrogen) atoms. The van der Waals surface area contributed by atoms with Crippen LogP contribution in [0, 0.1) is 11.8 Å². The highest BCUT2D eigenvalue weighted by molar-refractivity contribution is 7.98. The van der Waals surface area contributed by atoms with Gasteiger partial charge in [-0.2, -0.15) is 11.8 Å². The molecule has 0 atom stereocenters. The summed E-state index contributed by atoms with van der Waals surface area (Å²) in [5.74, 6) is 7.95. The molecule has 108 valence electrons. The maximum Gasteiger partial charge on any atom is 0.306 e. The first-order valence-electron chi connectivity index (χ1n) is 6.21. The molecule has 0 saturated carbocycles. The second kappa shape index (κ2) is 9.29. The Balaban J connectivity index is 2.64. The highest BCUT2D eigenvalue weighted by Gasteiger charge is 2.05. The lowest BCUT2D eigenvalue weighted by atomic mass is 10.1. The summed E-state index contributed by atoms with van der Waals surface area (Å²) in [4.78, 5) is 11.0. The molecule has 0 aliphatic heterocycles. The SMILES string of the molecule is COC(=O)CCSCc1cc(C#CCN)ccc1OC. The number of nitrogens with two attached hydrogens (primary N) is 1. The molecular weight excluding hydrogens is 274 g/mol. The lowest BCUT2D eigenvalue weighted by Crippen LogP contribution is -2.01. The van der Waals surface area contributed by atoms with Gasteiger partial charge in [0.2, 0.25) is 0 Å². The van der Waals surface area contributed by atoms with Gasteiger partial charge in [-0.15, -0.1) is 0 Å². The van der Waals surface area contributed by atoms with E-state index in [1.807, 2.05) is 18.2 Å². The van der Waals surface area contributed by atoms with E-state index in [1.165, 1.54) is 7.11 Å². The van der Waals surface area contributed by atoms with Crippen molar-refractivity contribution in [2.45, 2.75) is 12.2 Å². The molecule has 1 aromatic rings. The highest BCUT2D eigenvalue weighted by atomic mass is 32.2. The van der Waals surface area contributed by atoms with Gasteiger partial charge in [-0.3, -0.25) is 4.79 Å². The third kappa shape index (κ3) is 5.55. The quantitative estimate of drug-likeness (QED) is 0.492. The minimum absolute atomic E-state index is 0.188. The Morgan fingerprint density at radius 1 is 1.40 bits per heavy atom. The van der Waals surface area contributed by atoms with Crippen LogP contribution in [0.2, 0.25) is 0 Å². The number of hydrogen-bond donors (Lipinski definition) is 1. The largest absolute Gasteiger partial charge is 0.496 e. The van der Waals surface area contributed by atoms with Crippen LogP contribution in [-0.2, 0) is 15.3 Å². The van der Waals surface area contributed by atoms with Crippen LogP contribution in [0.5, 0.6) is 5.75 Å². The van der Waals surface area contributed by atoms with Crippen LogP contribution < -0.4 is 10.5 Å². The number of rotatable bonds is 6. The Morgan fingerprint density at radius 2 is 2.20 bits per heavy atom. The number of methoxy groups -OCH3 is 2. The smallest absolute Gasteiger partial charge is 0.306 e. The van der Waals surface area contributed by atoms with Crippen LogP contribution in [0.25, 0.3) is 0 Å². The molecule has 1 aromatic carbocycles. The average Bonchev–Trinajstić information content (AvgIpc) is 2.49. The van der Waals surface area contributed by atoms with E-state index in [0.29, 0.717) is 18.7 Å². The van der Waals surface area contributed by atoms with Crippen molar-refractivity contribution in [3.05, 3.63) is 29.3 Å². The van der Waals surface area contributed by atoms with Gasteiger partial charge >= 0.3 is 5.97 Å². The normalized spacial score (nSPS) is 9.55. The van der Waals surface area contributed by atoms with Gasteiger partial charge in [0, 0.05) is 22.6 Å². The molecule has 0 saturated heterocycles. The number of thioether (sulfide) groups is 1. The number of esters is 1. The second-order valence-electron chi connectivity index (χ2n) is 3.91. The van der Waals surface area contributed by atoms with E-state index in [4.69, 9.17) is 10.5 Å². The van der Waals surface area contributed by atoms with E-state index in [1.54, 1.807) is 18.9 Å². The van der Waals surface area contributed by atoms with E-state index < -0.39 is 0 Å². The van der Waals surface area contributed by atoms with Crippen LogP contribution in [0.15, 0.2) is 18.2 Å². The molecule has 0 spiro atoms. The molecule has 0 heterocycles. The predicted octanol–water partition coefficient (Wildman–Crippen LogP) is 1.80. The van der Waals surface area contributed by atoms with Crippen molar-refractivity contribution in [3.8, 4) is 17.6 Å². The van der Waals surface area contributed by atoms with Crippen LogP contribution in [0.1, 0.15) is 17.5 Å². The van der Waals surface area contributed by atoms with Gasteiger partial charge in [0.05, 0.1) is 27.2 Å². The van der Waals surface area contributed by atoms with Gasteiger partial charge in [-0.1, -0.05) is 11.8 Å². The summed E-state index contributed by atoms with van der Waals surface area (Å²) in [7, 11) is 3.04. The Bertz CT molecular complexity index is 506. The van der Waals surface area contributed by atoms with Crippen molar-refractivity contribution in [1.29, 1.82) is 0 Å². The zero-order valence-corrected chi connectivity index (χ0v) is 12.6. The standard InChI is InChI=1S/C15H19NO3S/c1-18-14-6-5-12(4-3-8-16)10-13(14)11-20-9-7-15(17)19-2/h5-6,10H,7-9,11,16H2,1-2H3. The van der Waals surface area contributed by atoms with Crippen LogP contribution >= 0.6 is 11.8 Å². The lowest BCUT2D eigenvalue weighted by molar-refractivity contribution is -0.140. The number of hydrogen-bond acceptors (Lipinski definition) is 5. The number of benzene rings is 1. The molecule has 0 fully saturated rings. The van der Waals surface area contributed by atoms with Gasteiger partial charge in [0.1, 0.15) is 5.75 Å². The molecular formula is C15H19NO3S. The Morgan fingerprint density at radius 3 is 2.85 bits per heavy atom. The summed E-state index contributed by atoms with van der Waals surface area (Å²) in [6.45, 7) is 0.343. The summed E-state index contributed by atoms with van der Waals surface area (Å²) in [6, 6.07) is 5.80. The molecule has 2 N–H and O–H groups in total. The first kappa shape index (κ1) is 16.4. The van der Waals surface area contributed by atoms with E-state index in [2.05, 4.69) is 16.6 Å². The average molecular weight is 293 g/mol. The number of carbonyl (C=O) groups is 1. The van der Waals surface area contributed by atoms with E-state index >= 15 is 0 Å². The fourth-order valence-corrected chi connectivity index (χ4v) is 2.46. The molecule has 0 amide bonds. The zero-order chi connectivity index (χ0) is 14.8. The molecule has 0 aliphatic rings. The molecule has 0 radical (unpaired) electrons. The van der Waals surface area contributed by atoms with E-state index in [9.17, 15) is 4.79 Å². The van der Waals surface area contributed by atoms with Gasteiger partial charge in [0.25, 0.3) is 0 Å². The van der Waals surface area contributed by atoms with Crippen molar-refractivity contribution in [3.63, 3.8) is 0 Å². The minimum Gasteiger partial charge on any atom is -0.496 e. The first-order valence-corrected chi connectivity index (χ1v) is 7.37. The van der Waals surface area contributed by atoms with Crippen LogP contribution in [0.4, 0.5) is 0 Å². The van der Waals surface area contributed by atoms with Crippen molar-refractivity contribution in [1.82, 2.24) is 0 Å². The molecule has 1 rings (SSSR count). The predicted molar refractivity (Wildman–Crippen MR) is 81.7 cm³/mol. The van der Waals surface area contributed by atoms with Crippen molar-refractivity contribution >= 4 is 17.7 Å². The topological polar surface area (TPSA) is 61.5 Å². The number of carbonyl (C=O) groups excluding carboxylic acids is 1. The fraction of sp³-hybridized carbons (Fsp3) is 0.400. The van der Waals surface area contributed by atoms with Crippen LogP contribution in [-0.4, -0.2) is 32.5 Å². The summed E-state index contributed by atoms with van der Waals surface area (Å²) in [5.41, 5.74) is 7.34. The van der Waals surface area contributed by atoms with Gasteiger partial charge < -0.3 is 15.2 Å². The fourth-order valence-electron chi connectivity index (χ4n) is 1.56. The van der Waals surface area contributed by atoms with Crippen molar-refractivity contribution < 1.29 is 14.3 Å². The highest BCUT2D eigenvalue weighted by Crippen LogP contribution is 2.24. The Kier molecular flexibility index (Phi) is 7.63. The monoisotopic (exact) mass is 293 g/mol. The summed E-state index contributed by atoms with van der Waals surface area (Å²) >= 11 is 1.66. The zero-order valence-electron chi connectivity index (χ0n) is 11.8. The second-order valence-corrected chi connectivity index (χ2v) is 5.02. The van der Waals surface area contributed by atoms with E-state index in [-0.39, 0.29) is 5.97 Å². The van der Waals surface area contributed by atoms with E-state index in [0.717, 1.165) is 22.6 Å². The molecule has 5 heteroatoms. The van der Waals surface area contributed by atoms with Crippen molar-refractivity contribution in [2.75, 3.05) is 26.5 Å². The lowest BCUT2D eigenvalue weighted by Gasteiger charge is -2.08. The van der Waals surface area contributed by atoms with Gasteiger partial charge in [-0.05, 0) is 18.2 Å². The molecule has 0 unspecified atom stereocenters. The summed E-state index contributed by atoms with van der Waals surface area (Å²) in [5, 5.41) is 0. The van der Waals surface area contributed by atoms with Gasteiger partial charge in [0.15, 0.2) is 0 Å². The first-order chi connectivity index (χ1) is 9.71. The summed E-state index contributed by atoms with van der Waals surface area (Å²) < 4.78 is 9.93. The Hall–Kier alpha value is -1.64. The number of ether oxygens (including phenoxy) is 2. The molecule has 0 bridgehead atoms.